The van der Waals surface area contributed by atoms with Gasteiger partial charge in [-0.25, -0.2) is 4.98 Å². The summed E-state index contributed by atoms with van der Waals surface area (Å²) in [6.45, 7) is 0.654. The lowest BCUT2D eigenvalue weighted by atomic mass is 9.95. The van der Waals surface area contributed by atoms with E-state index in [1.807, 2.05) is 12.1 Å². The molecule has 1 aliphatic rings. The molecule has 2 aromatic carbocycles. The molecule has 0 aliphatic carbocycles. The number of allylic oxidation sites excluding steroid dienone is 1. The number of hydrogen-bond donors (Lipinski definition) is 1. The van der Waals surface area contributed by atoms with Crippen molar-refractivity contribution in [3.8, 4) is 17.2 Å². The minimum absolute atomic E-state index is 0.175. The topological polar surface area (TPSA) is 109 Å². The van der Waals surface area contributed by atoms with E-state index in [4.69, 9.17) is 9.47 Å². The predicted octanol–water partition coefficient (Wildman–Crippen LogP) is 3.17. The lowest BCUT2D eigenvalue weighted by molar-refractivity contribution is -0.384. The SMILES string of the molecule is COc1cc2c(cc1OC)/C(=C/C(=O)c1ccc(-n3ccnc3)c([N+](=O)[O-])c1)NCC2. The molecule has 0 bridgehead atoms. The Morgan fingerprint density at radius 1 is 1.23 bits per heavy atom. The maximum Gasteiger partial charge on any atom is 0.293 e. The van der Waals surface area contributed by atoms with Crippen molar-refractivity contribution in [2.75, 3.05) is 20.8 Å². The Balaban J connectivity index is 1.72. The molecule has 0 radical (unpaired) electrons. The molecular formula is C22H20N4O5. The van der Waals surface area contributed by atoms with Crippen LogP contribution in [0.1, 0.15) is 21.5 Å². The smallest absolute Gasteiger partial charge is 0.293 e. The van der Waals surface area contributed by atoms with Crippen LogP contribution in [0.3, 0.4) is 0 Å². The molecule has 0 amide bonds. The molecule has 0 spiro atoms. The number of carbonyl (C=O) groups is 1. The fraction of sp³-hybridized carbons (Fsp3) is 0.182. The van der Waals surface area contributed by atoms with Crippen LogP contribution < -0.4 is 14.8 Å². The minimum atomic E-state index is -0.509. The number of fused-ring (bicyclic) bond motifs is 1. The largest absolute Gasteiger partial charge is 0.493 e. The number of carbonyl (C=O) groups excluding carboxylic acids is 1. The minimum Gasteiger partial charge on any atom is -0.493 e. The first-order valence-corrected chi connectivity index (χ1v) is 9.53. The average molecular weight is 420 g/mol. The monoisotopic (exact) mass is 420 g/mol. The third-order valence-electron chi connectivity index (χ3n) is 5.12. The molecule has 4 rings (SSSR count). The van der Waals surface area contributed by atoms with Crippen LogP contribution in [0, 0.1) is 10.1 Å². The van der Waals surface area contributed by atoms with Crippen molar-refractivity contribution in [2.45, 2.75) is 6.42 Å². The van der Waals surface area contributed by atoms with Crippen molar-refractivity contribution in [3.63, 3.8) is 0 Å². The molecule has 1 aliphatic heterocycles. The second-order valence-electron chi connectivity index (χ2n) is 6.89. The molecule has 9 heteroatoms. The number of imidazole rings is 1. The fourth-order valence-corrected chi connectivity index (χ4v) is 3.59. The second-order valence-corrected chi connectivity index (χ2v) is 6.89. The molecule has 2 heterocycles. The number of hydrogen-bond acceptors (Lipinski definition) is 7. The van der Waals surface area contributed by atoms with Crippen molar-refractivity contribution in [1.82, 2.24) is 14.9 Å². The summed E-state index contributed by atoms with van der Waals surface area (Å²) in [5, 5.41) is 14.8. The number of ketones is 1. The molecule has 0 unspecified atom stereocenters. The van der Waals surface area contributed by atoms with Crippen molar-refractivity contribution >= 4 is 17.2 Å². The van der Waals surface area contributed by atoms with E-state index in [0.29, 0.717) is 29.4 Å². The number of nitro benzene ring substituents is 1. The van der Waals surface area contributed by atoms with Gasteiger partial charge in [0.25, 0.3) is 5.69 Å². The average Bonchev–Trinajstić information content (AvgIpc) is 3.32. The zero-order valence-electron chi connectivity index (χ0n) is 17.0. The number of nitrogens with one attached hydrogen (secondary N) is 1. The maximum atomic E-state index is 13.0. The number of nitro groups is 1. The van der Waals surface area contributed by atoms with Gasteiger partial charge in [0, 0.05) is 47.9 Å². The zero-order valence-corrected chi connectivity index (χ0v) is 17.0. The van der Waals surface area contributed by atoms with E-state index in [1.54, 1.807) is 32.5 Å². The van der Waals surface area contributed by atoms with Crippen LogP contribution in [0.4, 0.5) is 5.69 Å². The van der Waals surface area contributed by atoms with Gasteiger partial charge in [-0.1, -0.05) is 0 Å². The van der Waals surface area contributed by atoms with Gasteiger partial charge >= 0.3 is 0 Å². The maximum absolute atomic E-state index is 13.0. The zero-order chi connectivity index (χ0) is 22.0. The first-order valence-electron chi connectivity index (χ1n) is 9.53. The summed E-state index contributed by atoms with van der Waals surface area (Å²) in [5.74, 6) is 0.841. The number of benzene rings is 2. The molecule has 158 valence electrons. The van der Waals surface area contributed by atoms with Crippen LogP contribution >= 0.6 is 0 Å². The molecule has 0 atom stereocenters. The highest BCUT2D eigenvalue weighted by atomic mass is 16.6. The van der Waals surface area contributed by atoms with Crippen LogP contribution in [0.15, 0.2) is 55.1 Å². The summed E-state index contributed by atoms with van der Waals surface area (Å²) in [6.07, 6.45) is 6.83. The van der Waals surface area contributed by atoms with Crippen molar-refractivity contribution < 1.29 is 19.2 Å². The Morgan fingerprint density at radius 2 is 2.00 bits per heavy atom. The van der Waals surface area contributed by atoms with Gasteiger partial charge in [-0.3, -0.25) is 14.9 Å². The summed E-state index contributed by atoms with van der Waals surface area (Å²) in [4.78, 5) is 28.0. The lowest BCUT2D eigenvalue weighted by Gasteiger charge is -2.23. The second kappa shape index (κ2) is 8.31. The standard InChI is InChI=1S/C22H20N4O5/c1-30-21-10-14-5-6-24-17(16(14)11-22(21)31-2)12-20(27)15-3-4-18(19(9-15)26(28)29)25-8-7-23-13-25/h3-4,7-13,24H,5-6H2,1-2H3/b17-12-. The van der Waals surface area contributed by atoms with E-state index < -0.39 is 4.92 Å². The highest BCUT2D eigenvalue weighted by molar-refractivity contribution is 6.09. The van der Waals surface area contributed by atoms with Gasteiger partial charge in [0.2, 0.25) is 0 Å². The van der Waals surface area contributed by atoms with Gasteiger partial charge < -0.3 is 19.4 Å². The van der Waals surface area contributed by atoms with Crippen LogP contribution in [-0.2, 0) is 6.42 Å². The van der Waals surface area contributed by atoms with Crippen molar-refractivity contribution in [1.29, 1.82) is 0 Å². The number of aromatic nitrogens is 2. The van der Waals surface area contributed by atoms with E-state index in [1.165, 1.54) is 29.2 Å². The first-order chi connectivity index (χ1) is 15.0. The summed E-state index contributed by atoms with van der Waals surface area (Å²) in [5.41, 5.74) is 2.88. The summed E-state index contributed by atoms with van der Waals surface area (Å²) < 4.78 is 12.3. The molecular weight excluding hydrogens is 400 g/mol. The third-order valence-corrected chi connectivity index (χ3v) is 5.12. The number of ether oxygens (including phenoxy) is 2. The van der Waals surface area contributed by atoms with E-state index in [0.717, 1.165) is 17.5 Å². The van der Waals surface area contributed by atoms with Crippen LogP contribution in [0.5, 0.6) is 11.5 Å². The van der Waals surface area contributed by atoms with Gasteiger partial charge in [-0.2, -0.15) is 0 Å². The van der Waals surface area contributed by atoms with Crippen LogP contribution in [0.25, 0.3) is 11.4 Å². The quantitative estimate of drug-likeness (QED) is 0.282. The van der Waals surface area contributed by atoms with Gasteiger partial charge in [0.1, 0.15) is 5.69 Å². The van der Waals surface area contributed by atoms with E-state index in [9.17, 15) is 14.9 Å². The van der Waals surface area contributed by atoms with E-state index in [2.05, 4.69) is 10.3 Å². The fourth-order valence-electron chi connectivity index (χ4n) is 3.59. The van der Waals surface area contributed by atoms with Crippen molar-refractivity contribution in [2.24, 2.45) is 0 Å². The van der Waals surface area contributed by atoms with Gasteiger partial charge in [-0.15, -0.1) is 0 Å². The predicted molar refractivity (Wildman–Crippen MR) is 114 cm³/mol. The molecule has 1 N–H and O–H groups in total. The Bertz CT molecular complexity index is 1180. The highest BCUT2D eigenvalue weighted by Gasteiger charge is 2.21. The molecule has 31 heavy (non-hydrogen) atoms. The molecule has 1 aromatic heterocycles. The highest BCUT2D eigenvalue weighted by Crippen LogP contribution is 2.35. The van der Waals surface area contributed by atoms with Crippen LogP contribution in [0.2, 0.25) is 0 Å². The van der Waals surface area contributed by atoms with Gasteiger partial charge in [-0.05, 0) is 36.2 Å². The molecule has 0 fully saturated rings. The Hall–Kier alpha value is -4.14. The number of rotatable bonds is 6. The molecule has 9 nitrogen and oxygen atoms in total. The first kappa shape index (κ1) is 20.1. The molecule has 0 saturated carbocycles. The molecule has 3 aromatic rings. The number of methoxy groups -OCH3 is 2. The van der Waals surface area contributed by atoms with Gasteiger partial charge in [0.15, 0.2) is 17.3 Å². The number of nitrogens with zero attached hydrogens (tertiary/aromatic N) is 3. The lowest BCUT2D eigenvalue weighted by Crippen LogP contribution is -2.23. The Kier molecular flexibility index (Phi) is 5.40. The Morgan fingerprint density at radius 3 is 2.68 bits per heavy atom. The third kappa shape index (κ3) is 3.85. The van der Waals surface area contributed by atoms with Gasteiger partial charge in [0.05, 0.1) is 25.5 Å². The summed E-state index contributed by atoms with van der Waals surface area (Å²) in [7, 11) is 3.13. The normalized spacial score (nSPS) is 13.9. The summed E-state index contributed by atoms with van der Waals surface area (Å²) in [6, 6.07) is 8.12. The molecule has 0 saturated heterocycles. The summed E-state index contributed by atoms with van der Waals surface area (Å²) >= 11 is 0. The van der Waals surface area contributed by atoms with Crippen molar-refractivity contribution in [3.05, 3.63) is 81.9 Å². The van der Waals surface area contributed by atoms with Crippen LogP contribution in [-0.4, -0.2) is 41.0 Å². The van der Waals surface area contributed by atoms with E-state index >= 15 is 0 Å². The Labute approximate surface area is 178 Å². The van der Waals surface area contributed by atoms with E-state index in [-0.39, 0.29) is 17.0 Å².